The first-order chi connectivity index (χ1) is 11.6. The second-order valence-electron chi connectivity index (χ2n) is 5.34. The Bertz CT molecular complexity index is 789. The summed E-state index contributed by atoms with van der Waals surface area (Å²) in [7, 11) is -0.777. The number of alkyl halides is 3. The predicted molar refractivity (Wildman–Crippen MR) is 83.4 cm³/mol. The summed E-state index contributed by atoms with van der Waals surface area (Å²) in [5.41, 5.74) is 0. The maximum Gasteiger partial charge on any atom is 0.573 e. The van der Waals surface area contributed by atoms with Crippen LogP contribution in [0.4, 0.5) is 13.2 Å². The number of hydrogen-bond acceptors (Lipinski definition) is 5. The van der Waals surface area contributed by atoms with Gasteiger partial charge < -0.3 is 9.15 Å². The normalized spacial score (nSPS) is 13.8. The fourth-order valence-corrected chi connectivity index (χ4v) is 3.33. The number of para-hydroxylation sites is 1. The van der Waals surface area contributed by atoms with Gasteiger partial charge in [0, 0.05) is 6.54 Å². The van der Waals surface area contributed by atoms with E-state index in [0.29, 0.717) is 5.76 Å². The van der Waals surface area contributed by atoms with E-state index in [-0.39, 0.29) is 6.54 Å². The molecule has 0 aliphatic rings. The van der Waals surface area contributed by atoms with Gasteiger partial charge >= 0.3 is 6.36 Å². The minimum atomic E-state index is -4.99. The van der Waals surface area contributed by atoms with E-state index in [2.05, 4.69) is 9.46 Å². The van der Waals surface area contributed by atoms with Gasteiger partial charge in [0.15, 0.2) is 0 Å². The molecule has 2 aromatic rings. The first kappa shape index (κ1) is 19.3. The number of hydrogen-bond donors (Lipinski definition) is 1. The SMILES string of the molecule is CN(C)C(CNS(=O)(=O)c1ccccc1OC(F)(F)F)c1ccco1. The van der Waals surface area contributed by atoms with Crippen LogP contribution in [0.25, 0.3) is 0 Å². The van der Waals surface area contributed by atoms with Crippen molar-refractivity contribution in [3.63, 3.8) is 0 Å². The number of benzene rings is 1. The molecular weight excluding hydrogens is 361 g/mol. The summed E-state index contributed by atoms with van der Waals surface area (Å²) in [5, 5.41) is 0. The molecule has 2 rings (SSSR count). The van der Waals surface area contributed by atoms with Crippen molar-refractivity contribution in [3.05, 3.63) is 48.4 Å². The van der Waals surface area contributed by atoms with Crippen LogP contribution in [0, 0.1) is 0 Å². The minimum Gasteiger partial charge on any atom is -0.468 e. The average molecular weight is 378 g/mol. The molecule has 0 spiro atoms. The Morgan fingerprint density at radius 1 is 1.20 bits per heavy atom. The zero-order chi connectivity index (χ0) is 18.7. The Morgan fingerprint density at radius 2 is 1.88 bits per heavy atom. The van der Waals surface area contributed by atoms with Crippen LogP contribution in [0.15, 0.2) is 52.0 Å². The van der Waals surface area contributed by atoms with E-state index >= 15 is 0 Å². The predicted octanol–water partition coefficient (Wildman–Crippen LogP) is 2.76. The molecule has 25 heavy (non-hydrogen) atoms. The lowest BCUT2D eigenvalue weighted by Crippen LogP contribution is -2.34. The minimum absolute atomic E-state index is 0.0940. The molecule has 0 amide bonds. The molecule has 138 valence electrons. The summed E-state index contributed by atoms with van der Waals surface area (Å²) < 4.78 is 73.6. The van der Waals surface area contributed by atoms with E-state index in [4.69, 9.17) is 4.42 Å². The number of nitrogens with zero attached hydrogens (tertiary/aromatic N) is 1. The fourth-order valence-electron chi connectivity index (χ4n) is 2.17. The monoisotopic (exact) mass is 378 g/mol. The molecule has 1 aromatic carbocycles. The third kappa shape index (κ3) is 5.21. The van der Waals surface area contributed by atoms with E-state index in [9.17, 15) is 21.6 Å². The van der Waals surface area contributed by atoms with E-state index < -0.39 is 33.1 Å². The summed E-state index contributed by atoms with van der Waals surface area (Å²) in [6, 6.07) is 7.46. The number of halogens is 3. The molecule has 0 bridgehead atoms. The van der Waals surface area contributed by atoms with E-state index in [1.54, 1.807) is 31.1 Å². The third-order valence-electron chi connectivity index (χ3n) is 3.33. The Hall–Kier alpha value is -2.04. The Morgan fingerprint density at radius 3 is 2.44 bits per heavy atom. The van der Waals surface area contributed by atoms with E-state index in [1.165, 1.54) is 18.4 Å². The number of likely N-dealkylation sites (N-methyl/N-ethyl adjacent to an activating group) is 1. The van der Waals surface area contributed by atoms with Crippen molar-refractivity contribution in [2.24, 2.45) is 0 Å². The molecule has 0 saturated carbocycles. The highest BCUT2D eigenvalue weighted by Crippen LogP contribution is 2.29. The number of rotatable bonds is 7. The second kappa shape index (κ2) is 7.46. The Labute approximate surface area is 143 Å². The van der Waals surface area contributed by atoms with Crippen molar-refractivity contribution in [2.75, 3.05) is 20.6 Å². The van der Waals surface area contributed by atoms with Crippen molar-refractivity contribution < 1.29 is 30.7 Å². The second-order valence-corrected chi connectivity index (χ2v) is 7.08. The summed E-state index contributed by atoms with van der Waals surface area (Å²) in [6.45, 7) is -0.0940. The van der Waals surface area contributed by atoms with Crippen LogP contribution in [0.1, 0.15) is 11.8 Å². The van der Waals surface area contributed by atoms with Crippen LogP contribution in [-0.4, -0.2) is 40.3 Å². The lowest BCUT2D eigenvalue weighted by molar-refractivity contribution is -0.275. The average Bonchev–Trinajstić information content (AvgIpc) is 2.99. The molecule has 0 aliphatic heterocycles. The summed E-state index contributed by atoms with van der Waals surface area (Å²) in [4.78, 5) is 1.13. The van der Waals surface area contributed by atoms with Gasteiger partial charge in [-0.2, -0.15) is 0 Å². The van der Waals surface area contributed by atoms with Gasteiger partial charge in [0.05, 0.1) is 12.3 Å². The molecule has 0 saturated heterocycles. The van der Waals surface area contributed by atoms with Crippen LogP contribution < -0.4 is 9.46 Å². The van der Waals surface area contributed by atoms with Crippen LogP contribution in [0.3, 0.4) is 0 Å². The summed E-state index contributed by atoms with van der Waals surface area (Å²) in [6.07, 6.45) is -3.54. The van der Waals surface area contributed by atoms with Crippen molar-refractivity contribution in [3.8, 4) is 5.75 Å². The number of ether oxygens (including phenoxy) is 1. The zero-order valence-corrected chi connectivity index (χ0v) is 14.3. The molecule has 0 radical (unpaired) electrons. The highest BCUT2D eigenvalue weighted by molar-refractivity contribution is 7.89. The van der Waals surface area contributed by atoms with Crippen LogP contribution in [-0.2, 0) is 10.0 Å². The van der Waals surface area contributed by atoms with Gasteiger partial charge in [0.1, 0.15) is 16.4 Å². The quantitative estimate of drug-likeness (QED) is 0.802. The van der Waals surface area contributed by atoms with Crippen LogP contribution in [0.5, 0.6) is 5.75 Å². The van der Waals surface area contributed by atoms with Gasteiger partial charge in [-0.05, 0) is 38.4 Å². The van der Waals surface area contributed by atoms with Crippen LogP contribution in [0.2, 0.25) is 0 Å². The van der Waals surface area contributed by atoms with Crippen molar-refractivity contribution >= 4 is 10.0 Å². The zero-order valence-electron chi connectivity index (χ0n) is 13.4. The maximum atomic E-state index is 12.5. The molecular formula is C15H17F3N2O4S. The standard InChI is InChI=1S/C15H17F3N2O4S/c1-20(2)11(12-7-5-9-23-12)10-19-25(21,22)14-8-4-3-6-13(14)24-15(16,17)18/h3-9,11,19H,10H2,1-2H3. The maximum absolute atomic E-state index is 12.5. The van der Waals surface area contributed by atoms with Crippen molar-refractivity contribution in [2.45, 2.75) is 17.3 Å². The number of sulfonamides is 1. The molecule has 1 aromatic heterocycles. The first-order valence-electron chi connectivity index (χ1n) is 7.14. The molecule has 1 N–H and O–H groups in total. The molecule has 6 nitrogen and oxygen atoms in total. The van der Waals surface area contributed by atoms with Gasteiger partial charge in [0.2, 0.25) is 10.0 Å². The van der Waals surface area contributed by atoms with Gasteiger partial charge in [0.25, 0.3) is 0 Å². The first-order valence-corrected chi connectivity index (χ1v) is 8.63. The highest BCUT2D eigenvalue weighted by Gasteiger charge is 2.34. The molecule has 0 aliphatic carbocycles. The smallest absolute Gasteiger partial charge is 0.468 e. The molecule has 10 heteroatoms. The van der Waals surface area contributed by atoms with Gasteiger partial charge in [-0.1, -0.05) is 12.1 Å². The molecule has 1 heterocycles. The number of furan rings is 1. The number of nitrogens with one attached hydrogen (secondary N) is 1. The Balaban J connectivity index is 2.22. The summed E-state index contributed by atoms with van der Waals surface area (Å²) >= 11 is 0. The largest absolute Gasteiger partial charge is 0.573 e. The van der Waals surface area contributed by atoms with Crippen molar-refractivity contribution in [1.29, 1.82) is 0 Å². The van der Waals surface area contributed by atoms with Gasteiger partial charge in [-0.3, -0.25) is 4.90 Å². The fraction of sp³-hybridized carbons (Fsp3) is 0.333. The van der Waals surface area contributed by atoms with Crippen LogP contribution >= 0.6 is 0 Å². The van der Waals surface area contributed by atoms with E-state index in [0.717, 1.165) is 12.1 Å². The van der Waals surface area contributed by atoms with Gasteiger partial charge in [-0.25, -0.2) is 13.1 Å². The Kier molecular flexibility index (Phi) is 5.76. The van der Waals surface area contributed by atoms with Gasteiger partial charge in [-0.15, -0.1) is 13.2 Å². The third-order valence-corrected chi connectivity index (χ3v) is 4.79. The van der Waals surface area contributed by atoms with Crippen molar-refractivity contribution in [1.82, 2.24) is 9.62 Å². The molecule has 1 unspecified atom stereocenters. The summed E-state index contributed by atoms with van der Waals surface area (Å²) in [5.74, 6) is -0.269. The lowest BCUT2D eigenvalue weighted by atomic mass is 10.2. The lowest BCUT2D eigenvalue weighted by Gasteiger charge is -2.23. The highest BCUT2D eigenvalue weighted by atomic mass is 32.2. The van der Waals surface area contributed by atoms with E-state index in [1.807, 2.05) is 0 Å². The topological polar surface area (TPSA) is 71.8 Å². The molecule has 0 fully saturated rings. The molecule has 1 atom stereocenters.